The van der Waals surface area contributed by atoms with E-state index in [1.54, 1.807) is 17.8 Å². The van der Waals surface area contributed by atoms with Crippen molar-refractivity contribution in [2.24, 2.45) is 0 Å². The number of carbonyl (C=O) groups is 2. The van der Waals surface area contributed by atoms with E-state index in [1.165, 1.54) is 11.3 Å². The van der Waals surface area contributed by atoms with Crippen LogP contribution in [0.5, 0.6) is 0 Å². The maximum atomic E-state index is 11.1. The molecule has 2 heterocycles. The van der Waals surface area contributed by atoms with Gasteiger partial charge in [0.15, 0.2) is 0 Å². The number of pyridine rings is 1. The zero-order valence-corrected chi connectivity index (χ0v) is 11.1. The van der Waals surface area contributed by atoms with Crippen LogP contribution in [-0.4, -0.2) is 26.9 Å². The Balaban J connectivity index is 2.25. The summed E-state index contributed by atoms with van der Waals surface area (Å²) in [5, 5.41) is 21.9. The van der Waals surface area contributed by atoms with Crippen LogP contribution in [0, 0.1) is 0 Å². The molecule has 0 saturated carbocycles. The van der Waals surface area contributed by atoms with Crippen molar-refractivity contribution < 1.29 is 19.8 Å². The largest absolute Gasteiger partial charge is 0.507 e. The summed E-state index contributed by atoms with van der Waals surface area (Å²) in [4.78, 5) is 25.5. The predicted molar refractivity (Wildman–Crippen MR) is 74.6 cm³/mol. The van der Waals surface area contributed by atoms with E-state index >= 15 is 0 Å². The molecule has 2 aromatic heterocycles. The zero-order chi connectivity index (χ0) is 14.5. The number of aliphatic hydroxyl groups excluding tert-OH is 1. The highest BCUT2D eigenvalue weighted by Crippen LogP contribution is 2.24. The molecular weight excluding hydrogens is 278 g/mol. The highest BCUT2D eigenvalue weighted by molar-refractivity contribution is 7.08. The molecule has 5 nitrogen and oxygen atoms in total. The van der Waals surface area contributed by atoms with Gasteiger partial charge in [-0.3, -0.25) is 9.78 Å². The Labute approximate surface area is 118 Å². The molecule has 0 aliphatic rings. The number of carbonyl (C=O) groups excluding carboxylic acids is 1. The van der Waals surface area contributed by atoms with Gasteiger partial charge in [0.1, 0.15) is 5.76 Å². The summed E-state index contributed by atoms with van der Waals surface area (Å²) >= 11 is 1.37. The second kappa shape index (κ2) is 6.12. The molecule has 20 heavy (non-hydrogen) atoms. The van der Waals surface area contributed by atoms with Crippen molar-refractivity contribution in [2.75, 3.05) is 0 Å². The Morgan fingerprint density at radius 1 is 1.20 bits per heavy atom. The van der Waals surface area contributed by atoms with Gasteiger partial charge in [-0.1, -0.05) is 0 Å². The molecule has 0 saturated heterocycles. The predicted octanol–water partition coefficient (Wildman–Crippen LogP) is 2.29. The topological polar surface area (TPSA) is 87.5 Å². The van der Waals surface area contributed by atoms with E-state index in [-0.39, 0.29) is 5.76 Å². The van der Waals surface area contributed by atoms with Gasteiger partial charge in [-0.2, -0.15) is 11.3 Å². The van der Waals surface area contributed by atoms with Gasteiger partial charge >= 0.3 is 5.97 Å². The van der Waals surface area contributed by atoms with Gasteiger partial charge in [-0.25, -0.2) is 4.79 Å². The van der Waals surface area contributed by atoms with E-state index in [4.69, 9.17) is 5.11 Å². The fourth-order valence-electron chi connectivity index (χ4n) is 1.67. The Morgan fingerprint density at radius 3 is 2.55 bits per heavy atom. The molecule has 0 aliphatic heterocycles. The quantitative estimate of drug-likeness (QED) is 0.501. The van der Waals surface area contributed by atoms with Crippen molar-refractivity contribution in [3.8, 4) is 0 Å². The van der Waals surface area contributed by atoms with E-state index in [9.17, 15) is 14.7 Å². The zero-order valence-electron chi connectivity index (χ0n) is 10.3. The lowest BCUT2D eigenvalue weighted by Gasteiger charge is -2.03. The number of rotatable bonds is 5. The van der Waals surface area contributed by atoms with Crippen LogP contribution in [0.2, 0.25) is 0 Å². The van der Waals surface area contributed by atoms with E-state index < -0.39 is 11.8 Å². The number of carboxylic acids is 1. The maximum Gasteiger partial charge on any atom is 0.376 e. The van der Waals surface area contributed by atoms with Crippen LogP contribution in [0.1, 0.15) is 16.7 Å². The third kappa shape index (κ3) is 3.30. The highest BCUT2D eigenvalue weighted by atomic mass is 32.1. The van der Waals surface area contributed by atoms with Gasteiger partial charge in [0.2, 0.25) is 0 Å². The molecule has 0 spiro atoms. The second-order valence-electron chi connectivity index (χ2n) is 4.04. The molecule has 0 bridgehead atoms. The summed E-state index contributed by atoms with van der Waals surface area (Å²) in [5.41, 5.74) is 2.31. The molecule has 2 aromatic rings. The molecule has 0 aliphatic carbocycles. The Hall–Kier alpha value is -2.47. The summed E-state index contributed by atoms with van der Waals surface area (Å²) in [6.45, 7) is 0. The number of hydrogen-bond donors (Lipinski definition) is 2. The van der Waals surface area contributed by atoms with Crippen LogP contribution >= 0.6 is 11.3 Å². The van der Waals surface area contributed by atoms with Crippen molar-refractivity contribution in [1.29, 1.82) is 0 Å². The number of carboxylic acid groups (broad SMARTS) is 1. The first-order chi connectivity index (χ1) is 9.58. The SMILES string of the molecule is O=C(O)C(=O)C=C(O)c1cscc1Cc1ccncc1. The molecule has 6 heteroatoms. The van der Waals surface area contributed by atoms with Crippen molar-refractivity contribution in [2.45, 2.75) is 6.42 Å². The van der Waals surface area contributed by atoms with Gasteiger partial charge < -0.3 is 10.2 Å². The normalized spacial score (nSPS) is 11.3. The molecule has 0 unspecified atom stereocenters. The molecule has 0 amide bonds. The number of thiophene rings is 1. The van der Waals surface area contributed by atoms with Gasteiger partial charge in [0.05, 0.1) is 0 Å². The number of hydrogen-bond acceptors (Lipinski definition) is 5. The van der Waals surface area contributed by atoms with Gasteiger partial charge in [0.25, 0.3) is 5.78 Å². The van der Waals surface area contributed by atoms with Crippen molar-refractivity contribution in [1.82, 2.24) is 4.98 Å². The van der Waals surface area contributed by atoms with Crippen LogP contribution in [0.3, 0.4) is 0 Å². The first-order valence-electron chi connectivity index (χ1n) is 5.70. The van der Waals surface area contributed by atoms with Crippen LogP contribution in [0.15, 0.2) is 41.4 Å². The number of aliphatic hydroxyl groups is 1. The number of aliphatic carboxylic acids is 1. The van der Waals surface area contributed by atoms with Gasteiger partial charge in [-0.05, 0) is 35.1 Å². The summed E-state index contributed by atoms with van der Waals surface area (Å²) in [7, 11) is 0. The molecule has 0 aromatic carbocycles. The second-order valence-corrected chi connectivity index (χ2v) is 4.79. The minimum Gasteiger partial charge on any atom is -0.507 e. The number of aromatic nitrogens is 1. The van der Waals surface area contributed by atoms with Crippen LogP contribution in [-0.2, 0) is 16.0 Å². The number of nitrogens with zero attached hydrogens (tertiary/aromatic N) is 1. The van der Waals surface area contributed by atoms with E-state index in [1.807, 2.05) is 17.5 Å². The molecule has 2 N–H and O–H groups in total. The van der Waals surface area contributed by atoms with Gasteiger partial charge in [0, 0.05) is 29.4 Å². The fourth-order valence-corrected chi connectivity index (χ4v) is 2.52. The minimum atomic E-state index is -1.59. The molecule has 0 atom stereocenters. The minimum absolute atomic E-state index is 0.331. The summed E-state index contributed by atoms with van der Waals surface area (Å²) in [6, 6.07) is 3.70. The number of ketones is 1. The standard InChI is InChI=1S/C14H11NO4S/c16-12(6-13(17)14(18)19)11-8-20-7-10(11)5-9-1-3-15-4-2-9/h1-4,6-8,16H,5H2,(H,18,19). The molecular formula is C14H11NO4S. The summed E-state index contributed by atoms with van der Waals surface area (Å²) in [5.74, 6) is -3.08. The van der Waals surface area contributed by atoms with Crippen LogP contribution in [0.25, 0.3) is 5.76 Å². The molecule has 102 valence electrons. The van der Waals surface area contributed by atoms with E-state index in [2.05, 4.69) is 4.98 Å². The first-order valence-corrected chi connectivity index (χ1v) is 6.64. The molecule has 0 fully saturated rings. The van der Waals surface area contributed by atoms with E-state index in [0.717, 1.165) is 17.2 Å². The highest BCUT2D eigenvalue weighted by Gasteiger charge is 2.14. The van der Waals surface area contributed by atoms with Crippen LogP contribution < -0.4 is 0 Å². The molecule has 2 rings (SSSR count). The van der Waals surface area contributed by atoms with Crippen molar-refractivity contribution in [3.05, 3.63) is 58.1 Å². The third-order valence-corrected chi connectivity index (χ3v) is 3.43. The lowest BCUT2D eigenvalue weighted by molar-refractivity contribution is -0.146. The monoisotopic (exact) mass is 289 g/mol. The van der Waals surface area contributed by atoms with Gasteiger partial charge in [-0.15, -0.1) is 0 Å². The average molecular weight is 289 g/mol. The molecule has 0 radical (unpaired) electrons. The average Bonchev–Trinajstić information content (AvgIpc) is 2.88. The first kappa shape index (κ1) is 14.0. The summed E-state index contributed by atoms with van der Waals surface area (Å²) in [6.07, 6.45) is 4.64. The third-order valence-electron chi connectivity index (χ3n) is 2.64. The smallest absolute Gasteiger partial charge is 0.376 e. The lowest BCUT2D eigenvalue weighted by Crippen LogP contribution is -2.09. The fraction of sp³-hybridized carbons (Fsp3) is 0.0714. The van der Waals surface area contributed by atoms with E-state index in [0.29, 0.717) is 12.0 Å². The maximum absolute atomic E-state index is 11.1. The Kier molecular flexibility index (Phi) is 4.27. The Bertz CT molecular complexity index is 661. The lowest BCUT2D eigenvalue weighted by atomic mass is 10.0. The summed E-state index contributed by atoms with van der Waals surface area (Å²) < 4.78 is 0. The van der Waals surface area contributed by atoms with Crippen molar-refractivity contribution >= 4 is 28.8 Å². The van der Waals surface area contributed by atoms with Crippen LogP contribution in [0.4, 0.5) is 0 Å². The Morgan fingerprint density at radius 2 is 1.90 bits per heavy atom. The van der Waals surface area contributed by atoms with Crippen molar-refractivity contribution in [3.63, 3.8) is 0 Å².